The number of nitrogens with zero attached hydrogens (tertiary/aromatic N) is 1. The van der Waals surface area contributed by atoms with E-state index in [4.69, 9.17) is 4.42 Å². The molecule has 1 aromatic heterocycles. The fraction of sp³-hybridized carbons (Fsp3) is 0.0492. The van der Waals surface area contributed by atoms with Crippen LogP contribution in [0.1, 0.15) is 30.4 Å². The third-order valence-corrected chi connectivity index (χ3v) is 13.2. The molecule has 12 rings (SSSR count). The minimum Gasteiger partial charge on any atom is -0.455 e. The molecule has 1 aliphatic rings. The van der Waals surface area contributed by atoms with Crippen molar-refractivity contribution in [2.45, 2.75) is 19.3 Å². The second-order valence-electron chi connectivity index (χ2n) is 16.7. The standard InChI is InChI=1S/C61H43NO/c1-2-50-58-39-49(35-37-54(58)55-36-30-44-18-9-10-21-51(44)59(50)55)62(47-31-26-41(27-32-47)40-14-5-3-6-15-40)48-33-28-42(29-34-48)45-19-11-20-46(38-45)53-23-13-25-57-56-24-12-22-52(60(56)63-61(53)57)43-16-7-4-8-17-43/h3-39,50H,2H2,1H3. The first kappa shape index (κ1) is 36.9. The summed E-state index contributed by atoms with van der Waals surface area (Å²) in [5.41, 5.74) is 20.0. The number of rotatable bonds is 8. The van der Waals surface area contributed by atoms with Crippen LogP contribution in [0, 0.1) is 0 Å². The quantitative estimate of drug-likeness (QED) is 0.152. The lowest BCUT2D eigenvalue weighted by atomic mass is 9.90. The van der Waals surface area contributed by atoms with Gasteiger partial charge in [-0.25, -0.2) is 0 Å². The van der Waals surface area contributed by atoms with Crippen LogP contribution in [0.4, 0.5) is 17.1 Å². The van der Waals surface area contributed by atoms with Gasteiger partial charge in [-0.05, 0) is 115 Å². The van der Waals surface area contributed by atoms with Gasteiger partial charge in [0.05, 0.1) is 0 Å². The van der Waals surface area contributed by atoms with Crippen LogP contribution in [0.25, 0.3) is 88.3 Å². The summed E-state index contributed by atoms with van der Waals surface area (Å²) in [4.78, 5) is 2.41. The summed E-state index contributed by atoms with van der Waals surface area (Å²) >= 11 is 0. The van der Waals surface area contributed by atoms with Crippen molar-refractivity contribution in [2.24, 2.45) is 0 Å². The molecule has 0 aliphatic heterocycles. The number of anilines is 3. The van der Waals surface area contributed by atoms with E-state index in [1.807, 2.05) is 0 Å². The fourth-order valence-corrected chi connectivity index (χ4v) is 10.2. The van der Waals surface area contributed by atoms with E-state index >= 15 is 0 Å². The molecule has 0 N–H and O–H groups in total. The Bertz CT molecular complexity index is 3470. The maximum absolute atomic E-state index is 6.80. The molecular formula is C61H43NO. The highest BCUT2D eigenvalue weighted by Crippen LogP contribution is 2.51. The lowest BCUT2D eigenvalue weighted by Gasteiger charge is -2.27. The van der Waals surface area contributed by atoms with Gasteiger partial charge in [0, 0.05) is 44.9 Å². The van der Waals surface area contributed by atoms with Gasteiger partial charge in [-0.15, -0.1) is 0 Å². The molecule has 0 spiro atoms. The Hall–Kier alpha value is -7.94. The van der Waals surface area contributed by atoms with Crippen molar-refractivity contribution < 1.29 is 4.42 Å². The second-order valence-corrected chi connectivity index (χ2v) is 16.7. The van der Waals surface area contributed by atoms with Gasteiger partial charge in [0.15, 0.2) is 0 Å². The highest BCUT2D eigenvalue weighted by atomic mass is 16.3. The summed E-state index contributed by atoms with van der Waals surface area (Å²) in [6, 6.07) is 81.5. The van der Waals surface area contributed by atoms with E-state index in [1.165, 1.54) is 44.2 Å². The highest BCUT2D eigenvalue weighted by Gasteiger charge is 2.30. The van der Waals surface area contributed by atoms with Crippen LogP contribution in [0.3, 0.4) is 0 Å². The number of benzene rings is 10. The lowest BCUT2D eigenvalue weighted by Crippen LogP contribution is -2.10. The SMILES string of the molecule is CCC1c2cc(N(c3ccc(-c4ccccc4)cc3)c3ccc(-c4cccc(-c5cccc6c5oc5c(-c7ccccc7)cccc56)c4)cc3)ccc2-c2ccc3ccccc3c21. The van der Waals surface area contributed by atoms with Gasteiger partial charge in [-0.1, -0.05) is 189 Å². The zero-order valence-corrected chi connectivity index (χ0v) is 35.0. The summed E-state index contributed by atoms with van der Waals surface area (Å²) < 4.78 is 6.80. The monoisotopic (exact) mass is 805 g/mol. The molecule has 1 atom stereocenters. The van der Waals surface area contributed by atoms with Crippen LogP contribution >= 0.6 is 0 Å². The molecule has 1 aliphatic carbocycles. The molecule has 63 heavy (non-hydrogen) atoms. The summed E-state index contributed by atoms with van der Waals surface area (Å²) in [5, 5.41) is 4.92. The van der Waals surface area contributed by atoms with Crippen molar-refractivity contribution in [1.82, 2.24) is 0 Å². The Morgan fingerprint density at radius 3 is 1.56 bits per heavy atom. The smallest absolute Gasteiger partial charge is 0.143 e. The van der Waals surface area contributed by atoms with E-state index in [-0.39, 0.29) is 0 Å². The van der Waals surface area contributed by atoms with Gasteiger partial charge in [0.25, 0.3) is 0 Å². The van der Waals surface area contributed by atoms with E-state index in [0.717, 1.165) is 78.8 Å². The van der Waals surface area contributed by atoms with Crippen molar-refractivity contribution in [1.29, 1.82) is 0 Å². The molecule has 0 saturated carbocycles. The second kappa shape index (κ2) is 15.2. The summed E-state index contributed by atoms with van der Waals surface area (Å²) in [7, 11) is 0. The van der Waals surface area contributed by atoms with Crippen molar-refractivity contribution in [3.63, 3.8) is 0 Å². The third-order valence-electron chi connectivity index (χ3n) is 13.2. The van der Waals surface area contributed by atoms with Gasteiger partial charge in [0.1, 0.15) is 11.2 Å². The molecule has 10 aromatic carbocycles. The summed E-state index contributed by atoms with van der Waals surface area (Å²) in [6.07, 6.45) is 1.04. The molecule has 11 aromatic rings. The van der Waals surface area contributed by atoms with E-state index in [9.17, 15) is 0 Å². The van der Waals surface area contributed by atoms with Crippen molar-refractivity contribution >= 4 is 49.8 Å². The Balaban J connectivity index is 0.928. The predicted molar refractivity (Wildman–Crippen MR) is 265 cm³/mol. The number of hydrogen-bond donors (Lipinski definition) is 0. The molecule has 0 bridgehead atoms. The largest absolute Gasteiger partial charge is 0.455 e. The Morgan fingerprint density at radius 1 is 0.365 bits per heavy atom. The zero-order valence-electron chi connectivity index (χ0n) is 35.0. The molecule has 298 valence electrons. The van der Waals surface area contributed by atoms with Crippen LogP contribution in [0.2, 0.25) is 0 Å². The van der Waals surface area contributed by atoms with E-state index < -0.39 is 0 Å². The molecule has 0 saturated heterocycles. The molecule has 2 nitrogen and oxygen atoms in total. The minimum absolute atomic E-state index is 0.328. The van der Waals surface area contributed by atoms with Gasteiger partial charge < -0.3 is 9.32 Å². The van der Waals surface area contributed by atoms with Gasteiger partial charge in [-0.2, -0.15) is 0 Å². The first-order valence-electron chi connectivity index (χ1n) is 22.0. The van der Waals surface area contributed by atoms with E-state index in [0.29, 0.717) is 5.92 Å². The molecule has 1 unspecified atom stereocenters. The van der Waals surface area contributed by atoms with E-state index in [1.54, 1.807) is 0 Å². The van der Waals surface area contributed by atoms with Crippen LogP contribution in [0.5, 0.6) is 0 Å². The van der Waals surface area contributed by atoms with Crippen LogP contribution < -0.4 is 4.90 Å². The molecule has 0 amide bonds. The molecule has 2 heteroatoms. The average Bonchev–Trinajstić information content (AvgIpc) is 3.91. The molecule has 0 fully saturated rings. The maximum atomic E-state index is 6.80. The lowest BCUT2D eigenvalue weighted by molar-refractivity contribution is 0.671. The van der Waals surface area contributed by atoms with Crippen LogP contribution in [0.15, 0.2) is 229 Å². The fourth-order valence-electron chi connectivity index (χ4n) is 10.2. The maximum Gasteiger partial charge on any atom is 0.143 e. The van der Waals surface area contributed by atoms with E-state index in [2.05, 4.69) is 236 Å². The third kappa shape index (κ3) is 6.25. The van der Waals surface area contributed by atoms with Gasteiger partial charge >= 0.3 is 0 Å². The molecular weight excluding hydrogens is 763 g/mol. The van der Waals surface area contributed by atoms with Crippen molar-refractivity contribution in [3.8, 4) is 55.6 Å². The Morgan fingerprint density at radius 2 is 0.873 bits per heavy atom. The van der Waals surface area contributed by atoms with Crippen molar-refractivity contribution in [3.05, 3.63) is 236 Å². The van der Waals surface area contributed by atoms with Crippen molar-refractivity contribution in [2.75, 3.05) is 4.90 Å². The normalized spacial score (nSPS) is 13.1. The average molecular weight is 806 g/mol. The number of hydrogen-bond acceptors (Lipinski definition) is 2. The molecule has 0 radical (unpaired) electrons. The highest BCUT2D eigenvalue weighted by molar-refractivity contribution is 6.13. The summed E-state index contributed by atoms with van der Waals surface area (Å²) in [6.45, 7) is 2.32. The first-order valence-corrected chi connectivity index (χ1v) is 22.0. The van der Waals surface area contributed by atoms with Crippen LogP contribution in [-0.2, 0) is 0 Å². The summed E-state index contributed by atoms with van der Waals surface area (Å²) in [5.74, 6) is 0.328. The predicted octanol–water partition coefficient (Wildman–Crippen LogP) is 17.4. The van der Waals surface area contributed by atoms with Gasteiger partial charge in [-0.3, -0.25) is 0 Å². The Labute approximate surface area is 368 Å². The van der Waals surface area contributed by atoms with Crippen LogP contribution in [-0.4, -0.2) is 0 Å². The minimum atomic E-state index is 0.328. The molecule has 1 heterocycles. The zero-order chi connectivity index (χ0) is 41.9. The Kier molecular flexibility index (Phi) is 8.90. The first-order chi connectivity index (χ1) is 31.2. The van der Waals surface area contributed by atoms with Gasteiger partial charge in [0.2, 0.25) is 0 Å². The topological polar surface area (TPSA) is 16.4 Å². The number of furan rings is 1. The number of fused-ring (bicyclic) bond motifs is 8. The number of para-hydroxylation sites is 2.